The Balaban J connectivity index is 0.000000207. The second kappa shape index (κ2) is 24.7. The highest BCUT2D eigenvalue weighted by molar-refractivity contribution is 6.07. The first-order valence-corrected chi connectivity index (χ1v) is 19.7. The monoisotopic (exact) mass is 809 g/mol. The van der Waals surface area contributed by atoms with Gasteiger partial charge in [-0.3, -0.25) is 0 Å². The van der Waals surface area contributed by atoms with Gasteiger partial charge in [-0.25, -0.2) is 0 Å². The van der Waals surface area contributed by atoms with E-state index in [0.29, 0.717) is 0 Å². The van der Waals surface area contributed by atoms with E-state index in [0.717, 1.165) is 6.42 Å². The van der Waals surface area contributed by atoms with E-state index in [1.54, 1.807) is 0 Å². The molecule has 0 N–H and O–H groups in total. The normalized spacial score (nSPS) is 10.1. The molecule has 0 aliphatic heterocycles. The van der Waals surface area contributed by atoms with Crippen LogP contribution in [0, 0.1) is 0 Å². The third-order valence-electron chi connectivity index (χ3n) is 10.3. The van der Waals surface area contributed by atoms with Gasteiger partial charge in [0.2, 0.25) is 0 Å². The number of hydrogen-bond donors (Lipinski definition) is 0. The fraction of sp³-hybridized carbons (Fsp3) is 0.0968. The SMILES string of the molecule is C.C.C.C.C.C1=Cc2cccc3cccc(c23)C1.c1ccc2c(c1)ccc1ccccc12.c1ccc2cc3ccccc3cc2c1.c1ccc2ccccc2c1.c1ccccc1. The van der Waals surface area contributed by atoms with E-state index in [2.05, 4.69) is 218 Å². The van der Waals surface area contributed by atoms with Gasteiger partial charge in [-0.15, -0.1) is 0 Å². The molecule has 0 saturated heterocycles. The van der Waals surface area contributed by atoms with Crippen LogP contribution in [-0.4, -0.2) is 0 Å². The summed E-state index contributed by atoms with van der Waals surface area (Å²) in [5, 5.41) is 16.0. The summed E-state index contributed by atoms with van der Waals surface area (Å²) in [6.45, 7) is 0. The van der Waals surface area contributed by atoms with Gasteiger partial charge in [0, 0.05) is 0 Å². The van der Waals surface area contributed by atoms with Crippen molar-refractivity contribution in [2.75, 3.05) is 0 Å². The summed E-state index contributed by atoms with van der Waals surface area (Å²) in [4.78, 5) is 0. The van der Waals surface area contributed by atoms with Crippen LogP contribution in [0.1, 0.15) is 48.3 Å². The number of allylic oxidation sites excluding steroid dienone is 1. The van der Waals surface area contributed by atoms with Crippen molar-refractivity contribution >= 4 is 70.7 Å². The summed E-state index contributed by atoms with van der Waals surface area (Å²) < 4.78 is 0. The minimum atomic E-state index is 0. The molecule has 0 aromatic heterocycles. The molecule has 0 bridgehead atoms. The molecule has 0 amide bonds. The van der Waals surface area contributed by atoms with E-state index in [1.807, 2.05) is 36.4 Å². The predicted octanol–water partition coefficient (Wildman–Crippen LogP) is 19.1. The predicted molar refractivity (Wildman–Crippen MR) is 284 cm³/mol. The van der Waals surface area contributed by atoms with Crippen molar-refractivity contribution in [2.45, 2.75) is 43.6 Å². The minimum absolute atomic E-state index is 0. The number of benzene rings is 11. The third kappa shape index (κ3) is 12.2. The Labute approximate surface area is 372 Å². The van der Waals surface area contributed by atoms with Crippen molar-refractivity contribution in [2.24, 2.45) is 0 Å². The van der Waals surface area contributed by atoms with Gasteiger partial charge < -0.3 is 0 Å². The van der Waals surface area contributed by atoms with Crippen LogP contribution >= 0.6 is 0 Å². The lowest BCUT2D eigenvalue weighted by Gasteiger charge is -2.11. The molecule has 0 nitrogen and oxygen atoms in total. The Bertz CT molecular complexity index is 2770. The van der Waals surface area contributed by atoms with Crippen molar-refractivity contribution in [3.05, 3.63) is 260 Å². The van der Waals surface area contributed by atoms with E-state index >= 15 is 0 Å². The number of hydrogen-bond acceptors (Lipinski definition) is 0. The molecule has 0 heteroatoms. The van der Waals surface area contributed by atoms with Crippen LogP contribution in [-0.2, 0) is 6.42 Å². The van der Waals surface area contributed by atoms with E-state index in [-0.39, 0.29) is 37.1 Å². The van der Waals surface area contributed by atoms with E-state index < -0.39 is 0 Å². The van der Waals surface area contributed by atoms with Crippen molar-refractivity contribution in [3.63, 3.8) is 0 Å². The van der Waals surface area contributed by atoms with Crippen LogP contribution in [0.3, 0.4) is 0 Å². The standard InChI is InChI=1S/2C14H10.C13H10.C10H8.C6H6.5CH4/c1-3-7-13-11(5-1)9-10-12-6-2-4-8-14(12)13;1-2-6-12-10-14-8-4-3-7-13(14)9-11(12)5-1;1-4-10-6-2-8-12-9-3-7-11(5-1)13(10)12;1-2-6-10-8-4-3-7-9(10)5-1;1-2-4-6-5-3-1;;;;;/h2*1-10H;1-8H,9H2;1-8H;1-6H;5*1H4. The molecule has 1 aliphatic carbocycles. The summed E-state index contributed by atoms with van der Waals surface area (Å²) in [6, 6.07) is 84.5. The van der Waals surface area contributed by atoms with Gasteiger partial charge in [-0.2, -0.15) is 0 Å². The first-order chi connectivity index (χ1) is 28.3. The summed E-state index contributed by atoms with van der Waals surface area (Å²) in [7, 11) is 0. The Morgan fingerprint density at radius 1 is 0.242 bits per heavy atom. The molecule has 0 fully saturated rings. The first-order valence-electron chi connectivity index (χ1n) is 19.7. The van der Waals surface area contributed by atoms with E-state index in [4.69, 9.17) is 0 Å². The van der Waals surface area contributed by atoms with Crippen molar-refractivity contribution < 1.29 is 0 Å². The van der Waals surface area contributed by atoms with Gasteiger partial charge in [0.05, 0.1) is 0 Å². The van der Waals surface area contributed by atoms with Crippen LogP contribution in [0.5, 0.6) is 0 Å². The van der Waals surface area contributed by atoms with Crippen molar-refractivity contribution in [1.82, 2.24) is 0 Å². The summed E-state index contributed by atoms with van der Waals surface area (Å²) in [6.07, 6.45) is 5.53. The highest BCUT2D eigenvalue weighted by Crippen LogP contribution is 2.28. The molecule has 11 aromatic carbocycles. The number of fused-ring (bicyclic) bond motifs is 6. The quantitative estimate of drug-likeness (QED) is 0.106. The summed E-state index contributed by atoms with van der Waals surface area (Å²) >= 11 is 0. The largest absolute Gasteiger partial charge is 0.0795 e. The van der Waals surface area contributed by atoms with Crippen LogP contribution in [0.4, 0.5) is 0 Å². The van der Waals surface area contributed by atoms with Crippen LogP contribution in [0.25, 0.3) is 70.7 Å². The zero-order valence-corrected chi connectivity index (χ0v) is 32.0. The Kier molecular flexibility index (Phi) is 19.6. The Hall–Kier alpha value is -7.28. The lowest BCUT2D eigenvalue weighted by Crippen LogP contribution is -1.91. The van der Waals surface area contributed by atoms with Gasteiger partial charge in [0.15, 0.2) is 0 Å². The average Bonchev–Trinajstić information content (AvgIpc) is 3.30. The molecule has 0 saturated carbocycles. The fourth-order valence-corrected chi connectivity index (χ4v) is 7.43. The van der Waals surface area contributed by atoms with E-state index in [9.17, 15) is 0 Å². The maximum atomic E-state index is 2.24. The molecule has 312 valence electrons. The lowest BCUT2D eigenvalue weighted by molar-refractivity contribution is 1.29. The molecule has 0 unspecified atom stereocenters. The average molecular weight is 809 g/mol. The minimum Gasteiger partial charge on any atom is -0.0795 e. The molecule has 1 aliphatic rings. The second-order valence-electron chi connectivity index (χ2n) is 14.0. The zero-order chi connectivity index (χ0) is 38.5. The highest BCUT2D eigenvalue weighted by Gasteiger charge is 2.06. The molecule has 0 atom stereocenters. The molecule has 0 radical (unpaired) electrons. The molecule has 0 spiro atoms. The van der Waals surface area contributed by atoms with Gasteiger partial charge in [0.1, 0.15) is 0 Å². The maximum absolute atomic E-state index is 2.24. The molecule has 62 heavy (non-hydrogen) atoms. The Morgan fingerprint density at radius 3 is 0.968 bits per heavy atom. The summed E-state index contributed by atoms with van der Waals surface area (Å²) in [5.41, 5.74) is 2.81. The van der Waals surface area contributed by atoms with Crippen LogP contribution < -0.4 is 0 Å². The van der Waals surface area contributed by atoms with Gasteiger partial charge in [-0.1, -0.05) is 280 Å². The Morgan fingerprint density at radius 2 is 0.565 bits per heavy atom. The van der Waals surface area contributed by atoms with E-state index in [1.165, 1.54) is 75.8 Å². The van der Waals surface area contributed by atoms with Crippen molar-refractivity contribution in [3.8, 4) is 0 Å². The fourth-order valence-electron chi connectivity index (χ4n) is 7.43. The lowest BCUT2D eigenvalue weighted by atomic mass is 9.93. The van der Waals surface area contributed by atoms with Gasteiger partial charge in [-0.05, 0) is 94.3 Å². The molecule has 0 heterocycles. The maximum Gasteiger partial charge on any atom is -0.00763 e. The molecular weight excluding hydrogens is 745 g/mol. The van der Waals surface area contributed by atoms with Crippen LogP contribution in [0.15, 0.2) is 249 Å². The second-order valence-corrected chi connectivity index (χ2v) is 14.0. The van der Waals surface area contributed by atoms with Crippen LogP contribution in [0.2, 0.25) is 0 Å². The topological polar surface area (TPSA) is 0 Å². The third-order valence-corrected chi connectivity index (χ3v) is 10.3. The number of rotatable bonds is 0. The van der Waals surface area contributed by atoms with Crippen molar-refractivity contribution in [1.29, 1.82) is 0 Å². The van der Waals surface area contributed by atoms with Gasteiger partial charge in [0.25, 0.3) is 0 Å². The smallest absolute Gasteiger partial charge is 0.00763 e. The molecule has 11 aromatic rings. The summed E-state index contributed by atoms with van der Waals surface area (Å²) in [5.74, 6) is 0. The highest BCUT2D eigenvalue weighted by atomic mass is 14.1. The van der Waals surface area contributed by atoms with Gasteiger partial charge >= 0.3 is 0 Å². The first kappa shape index (κ1) is 49.1. The zero-order valence-electron chi connectivity index (χ0n) is 32.0. The molecular formula is C62H64. The molecule has 12 rings (SSSR count).